The second-order valence-electron chi connectivity index (χ2n) is 5.94. The summed E-state index contributed by atoms with van der Waals surface area (Å²) < 4.78 is 19.8. The molecule has 2 aromatic carbocycles. The number of ether oxygens (including phenoxy) is 1. The van der Waals surface area contributed by atoms with Gasteiger partial charge in [0.2, 0.25) is 0 Å². The number of esters is 1. The Morgan fingerprint density at radius 3 is 2.67 bits per heavy atom. The fourth-order valence-electron chi connectivity index (χ4n) is 3.07. The van der Waals surface area contributed by atoms with Gasteiger partial charge in [-0.15, -0.1) is 0 Å². The molecule has 0 aromatic heterocycles. The van der Waals surface area contributed by atoms with Crippen LogP contribution in [0.5, 0.6) is 0 Å². The lowest BCUT2D eigenvalue weighted by molar-refractivity contribution is -0.139. The van der Waals surface area contributed by atoms with Crippen molar-refractivity contribution in [2.45, 2.75) is 19.9 Å². The van der Waals surface area contributed by atoms with Gasteiger partial charge in [-0.1, -0.05) is 34.1 Å². The van der Waals surface area contributed by atoms with Crippen LogP contribution in [0.2, 0.25) is 0 Å². The number of thiocarbonyl (C=S) groups is 1. The molecular weight excluding hydrogens is 431 g/mol. The van der Waals surface area contributed by atoms with E-state index < -0.39 is 17.8 Å². The number of rotatable bonds is 4. The Hall–Kier alpha value is -2.25. The summed E-state index contributed by atoms with van der Waals surface area (Å²) in [5.41, 5.74) is 2.43. The zero-order valence-electron chi connectivity index (χ0n) is 14.8. The molecule has 2 aromatic rings. The number of carbonyl (C=O) groups is 1. The molecule has 1 aliphatic rings. The lowest BCUT2D eigenvalue weighted by Gasteiger charge is -2.37. The van der Waals surface area contributed by atoms with Gasteiger partial charge in [-0.3, -0.25) is 4.90 Å². The van der Waals surface area contributed by atoms with E-state index in [2.05, 4.69) is 21.2 Å². The number of allylic oxidation sites excluding steroid dienone is 1. The van der Waals surface area contributed by atoms with Crippen molar-refractivity contribution in [1.82, 2.24) is 5.32 Å². The highest BCUT2D eigenvalue weighted by Gasteiger charge is 2.36. The summed E-state index contributed by atoms with van der Waals surface area (Å²) in [6.45, 7) is 3.80. The molecule has 1 aliphatic heterocycles. The number of hydrogen-bond acceptors (Lipinski definition) is 3. The SMILES string of the molecule is CCOC(=O)C1=C(C)N(c2ccccc2)C(=S)N[C@H]1c1cc(F)ccc1Br. The monoisotopic (exact) mass is 448 g/mol. The van der Waals surface area contributed by atoms with Crippen LogP contribution in [0.1, 0.15) is 25.5 Å². The van der Waals surface area contributed by atoms with Crippen molar-refractivity contribution in [2.24, 2.45) is 0 Å². The van der Waals surface area contributed by atoms with E-state index in [1.54, 1.807) is 17.9 Å². The molecule has 1 heterocycles. The average Bonchev–Trinajstić information content (AvgIpc) is 2.64. The zero-order valence-corrected chi connectivity index (χ0v) is 17.2. The molecule has 140 valence electrons. The van der Waals surface area contributed by atoms with Gasteiger partial charge in [0.1, 0.15) is 5.82 Å². The molecule has 0 radical (unpaired) electrons. The smallest absolute Gasteiger partial charge is 0.338 e. The number of nitrogens with zero attached hydrogens (tertiary/aromatic N) is 1. The Balaban J connectivity index is 2.17. The molecule has 27 heavy (non-hydrogen) atoms. The van der Waals surface area contributed by atoms with Crippen LogP contribution in [0, 0.1) is 5.82 Å². The van der Waals surface area contributed by atoms with E-state index in [0.717, 1.165) is 5.69 Å². The summed E-state index contributed by atoms with van der Waals surface area (Å²) in [6.07, 6.45) is 0. The van der Waals surface area contributed by atoms with E-state index in [-0.39, 0.29) is 6.61 Å². The number of carbonyl (C=O) groups excluding carboxylic acids is 1. The Bertz CT molecular complexity index is 917. The first-order valence-electron chi connectivity index (χ1n) is 8.42. The largest absolute Gasteiger partial charge is 0.463 e. The molecule has 0 unspecified atom stereocenters. The Labute approximate surface area is 171 Å². The first kappa shape index (κ1) is 19.5. The minimum atomic E-state index is -0.624. The first-order chi connectivity index (χ1) is 12.9. The summed E-state index contributed by atoms with van der Waals surface area (Å²) >= 11 is 9.01. The molecular formula is C20H18BrFN2O2S. The fourth-order valence-corrected chi connectivity index (χ4v) is 3.91. The second kappa shape index (κ2) is 8.19. The minimum Gasteiger partial charge on any atom is -0.463 e. The highest BCUT2D eigenvalue weighted by molar-refractivity contribution is 9.10. The molecule has 7 heteroatoms. The summed E-state index contributed by atoms with van der Waals surface area (Å²) in [4.78, 5) is 14.6. The first-order valence-corrected chi connectivity index (χ1v) is 9.62. The third-order valence-electron chi connectivity index (χ3n) is 4.26. The van der Waals surface area contributed by atoms with Crippen molar-refractivity contribution in [1.29, 1.82) is 0 Å². The molecule has 0 aliphatic carbocycles. The highest BCUT2D eigenvalue weighted by Crippen LogP contribution is 2.37. The van der Waals surface area contributed by atoms with Crippen LogP contribution >= 0.6 is 28.1 Å². The molecule has 0 saturated carbocycles. The van der Waals surface area contributed by atoms with Gasteiger partial charge in [0.15, 0.2) is 5.11 Å². The van der Waals surface area contributed by atoms with Crippen LogP contribution in [0.3, 0.4) is 0 Å². The van der Waals surface area contributed by atoms with Gasteiger partial charge in [-0.2, -0.15) is 0 Å². The van der Waals surface area contributed by atoms with Crippen LogP contribution in [-0.4, -0.2) is 17.7 Å². The fraction of sp³-hybridized carbons (Fsp3) is 0.200. The third kappa shape index (κ3) is 3.89. The van der Waals surface area contributed by atoms with Crippen molar-refractivity contribution in [3.63, 3.8) is 0 Å². The lowest BCUT2D eigenvalue weighted by atomic mass is 9.94. The van der Waals surface area contributed by atoms with Gasteiger partial charge in [0, 0.05) is 15.9 Å². The molecule has 3 rings (SSSR count). The van der Waals surface area contributed by atoms with E-state index in [4.69, 9.17) is 17.0 Å². The number of halogens is 2. The van der Waals surface area contributed by atoms with Crippen LogP contribution in [0.4, 0.5) is 10.1 Å². The highest BCUT2D eigenvalue weighted by atomic mass is 79.9. The standard InChI is InChI=1S/C20H18BrFN2O2S/c1-3-26-19(25)17-12(2)24(14-7-5-4-6-8-14)20(27)23-18(17)15-11-13(22)9-10-16(15)21/h4-11,18H,3H2,1-2H3,(H,23,27)/t18-/m0/s1. The van der Waals surface area contributed by atoms with Gasteiger partial charge in [-0.05, 0) is 62.0 Å². The Kier molecular flexibility index (Phi) is 5.92. The maximum Gasteiger partial charge on any atom is 0.338 e. The Morgan fingerprint density at radius 2 is 2.00 bits per heavy atom. The van der Waals surface area contributed by atoms with Gasteiger partial charge in [-0.25, -0.2) is 9.18 Å². The molecule has 1 atom stereocenters. The lowest BCUT2D eigenvalue weighted by Crippen LogP contribution is -2.48. The molecule has 0 bridgehead atoms. The maximum atomic E-state index is 13.9. The molecule has 0 amide bonds. The topological polar surface area (TPSA) is 41.6 Å². The van der Waals surface area contributed by atoms with Gasteiger partial charge in [0.25, 0.3) is 0 Å². The van der Waals surface area contributed by atoms with Gasteiger partial charge < -0.3 is 10.1 Å². The van der Waals surface area contributed by atoms with Crippen molar-refractivity contribution < 1.29 is 13.9 Å². The van der Waals surface area contributed by atoms with E-state index >= 15 is 0 Å². The predicted molar refractivity (Wildman–Crippen MR) is 111 cm³/mol. The second-order valence-corrected chi connectivity index (χ2v) is 7.18. The summed E-state index contributed by atoms with van der Waals surface area (Å²) in [6, 6.07) is 13.2. The number of hydrogen-bond donors (Lipinski definition) is 1. The van der Waals surface area contributed by atoms with E-state index in [9.17, 15) is 9.18 Å². The van der Waals surface area contributed by atoms with E-state index in [0.29, 0.717) is 26.4 Å². The third-order valence-corrected chi connectivity index (χ3v) is 5.29. The van der Waals surface area contributed by atoms with E-state index in [1.165, 1.54) is 12.1 Å². The summed E-state index contributed by atoms with van der Waals surface area (Å²) in [5.74, 6) is -0.862. The minimum absolute atomic E-state index is 0.239. The van der Waals surface area contributed by atoms with Crippen LogP contribution < -0.4 is 10.2 Å². The van der Waals surface area contributed by atoms with Crippen LogP contribution in [-0.2, 0) is 9.53 Å². The Morgan fingerprint density at radius 1 is 1.30 bits per heavy atom. The molecule has 1 N–H and O–H groups in total. The molecule has 0 saturated heterocycles. The molecule has 0 fully saturated rings. The predicted octanol–water partition coefficient (Wildman–Crippen LogP) is 4.86. The van der Waals surface area contributed by atoms with Crippen LogP contribution in [0.25, 0.3) is 0 Å². The van der Waals surface area contributed by atoms with Crippen molar-refractivity contribution >= 4 is 44.9 Å². The van der Waals surface area contributed by atoms with Crippen molar-refractivity contribution in [2.75, 3.05) is 11.5 Å². The zero-order chi connectivity index (χ0) is 19.6. The molecule has 0 spiro atoms. The summed E-state index contributed by atoms with van der Waals surface area (Å²) in [5, 5.41) is 3.60. The quantitative estimate of drug-likeness (QED) is 0.534. The maximum absolute atomic E-state index is 13.9. The van der Waals surface area contributed by atoms with Gasteiger partial charge in [0.05, 0.1) is 18.2 Å². The van der Waals surface area contributed by atoms with Crippen molar-refractivity contribution in [3.05, 3.63) is 75.7 Å². The molecule has 4 nitrogen and oxygen atoms in total. The summed E-state index contributed by atoms with van der Waals surface area (Å²) in [7, 11) is 0. The number of nitrogens with one attached hydrogen (secondary N) is 1. The van der Waals surface area contributed by atoms with Crippen molar-refractivity contribution in [3.8, 4) is 0 Å². The normalized spacial score (nSPS) is 17.0. The average molecular weight is 449 g/mol. The number of anilines is 1. The van der Waals surface area contributed by atoms with E-state index in [1.807, 2.05) is 37.3 Å². The van der Waals surface area contributed by atoms with Gasteiger partial charge >= 0.3 is 5.97 Å². The van der Waals surface area contributed by atoms with Crippen LogP contribution in [0.15, 0.2) is 64.3 Å². The number of benzene rings is 2. The number of para-hydroxylation sites is 1.